The highest BCUT2D eigenvalue weighted by atomic mass is 16.5. The Balaban J connectivity index is 1.80. The molecule has 1 fully saturated rings. The number of hydrogen-bond donors (Lipinski definition) is 2. The van der Waals surface area contributed by atoms with Gasteiger partial charge in [-0.3, -0.25) is 4.79 Å². The first-order valence-electron chi connectivity index (χ1n) is 6.75. The standard InChI is InChI=1S/C15H22N2O2/c1-10(15(18)16-2)17-13-8-12(9-13)11-4-6-14(19-3)7-5-11/h4-7,10,12-13,17H,8-9H2,1-3H3,(H,16,18). The highest BCUT2D eigenvalue weighted by Gasteiger charge is 2.31. The third-order valence-electron chi connectivity index (χ3n) is 3.85. The van der Waals surface area contributed by atoms with Gasteiger partial charge in [0.1, 0.15) is 5.75 Å². The number of amides is 1. The van der Waals surface area contributed by atoms with Crippen molar-refractivity contribution in [1.82, 2.24) is 10.6 Å². The van der Waals surface area contributed by atoms with Crippen LogP contribution in [0.15, 0.2) is 24.3 Å². The van der Waals surface area contributed by atoms with E-state index < -0.39 is 0 Å². The predicted octanol–water partition coefficient (Wildman–Crippen LogP) is 1.67. The van der Waals surface area contributed by atoms with Gasteiger partial charge in [0, 0.05) is 13.1 Å². The maximum Gasteiger partial charge on any atom is 0.236 e. The van der Waals surface area contributed by atoms with Crippen LogP contribution >= 0.6 is 0 Å². The minimum absolute atomic E-state index is 0.0490. The summed E-state index contributed by atoms with van der Waals surface area (Å²) in [5, 5.41) is 6.01. The Morgan fingerprint density at radius 1 is 1.32 bits per heavy atom. The van der Waals surface area contributed by atoms with Gasteiger partial charge in [0.15, 0.2) is 0 Å². The Morgan fingerprint density at radius 2 is 1.95 bits per heavy atom. The number of methoxy groups -OCH3 is 1. The van der Waals surface area contributed by atoms with Crippen LogP contribution in [-0.2, 0) is 4.79 Å². The van der Waals surface area contributed by atoms with E-state index in [9.17, 15) is 4.79 Å². The van der Waals surface area contributed by atoms with Gasteiger partial charge in [-0.15, -0.1) is 0 Å². The van der Waals surface area contributed by atoms with Crippen LogP contribution in [0.5, 0.6) is 5.75 Å². The zero-order chi connectivity index (χ0) is 13.8. The molecule has 0 heterocycles. The van der Waals surface area contributed by atoms with Gasteiger partial charge in [0.2, 0.25) is 5.91 Å². The van der Waals surface area contributed by atoms with Gasteiger partial charge in [-0.2, -0.15) is 0 Å². The molecule has 19 heavy (non-hydrogen) atoms. The zero-order valence-electron chi connectivity index (χ0n) is 11.8. The number of nitrogens with one attached hydrogen (secondary N) is 2. The Hall–Kier alpha value is -1.55. The number of hydrogen-bond acceptors (Lipinski definition) is 3. The lowest BCUT2D eigenvalue weighted by molar-refractivity contribution is -0.122. The maximum absolute atomic E-state index is 11.4. The van der Waals surface area contributed by atoms with Gasteiger partial charge in [0.25, 0.3) is 0 Å². The van der Waals surface area contributed by atoms with E-state index in [1.807, 2.05) is 19.1 Å². The fourth-order valence-electron chi connectivity index (χ4n) is 2.55. The van der Waals surface area contributed by atoms with E-state index >= 15 is 0 Å². The molecule has 2 rings (SSSR count). The number of ether oxygens (including phenoxy) is 1. The van der Waals surface area contributed by atoms with Gasteiger partial charge in [-0.25, -0.2) is 0 Å². The van der Waals surface area contributed by atoms with E-state index in [0.29, 0.717) is 12.0 Å². The van der Waals surface area contributed by atoms with E-state index in [2.05, 4.69) is 22.8 Å². The second-order valence-electron chi connectivity index (χ2n) is 5.14. The first kappa shape index (κ1) is 13.9. The van der Waals surface area contributed by atoms with Crippen LogP contribution in [0.1, 0.15) is 31.2 Å². The minimum Gasteiger partial charge on any atom is -0.497 e. The smallest absolute Gasteiger partial charge is 0.236 e. The average molecular weight is 262 g/mol. The molecule has 1 aromatic carbocycles. The van der Waals surface area contributed by atoms with Crippen molar-refractivity contribution in [3.63, 3.8) is 0 Å². The number of likely N-dealkylation sites (N-methyl/N-ethyl adjacent to an activating group) is 1. The van der Waals surface area contributed by atoms with Crippen LogP contribution < -0.4 is 15.4 Å². The molecule has 4 nitrogen and oxygen atoms in total. The summed E-state index contributed by atoms with van der Waals surface area (Å²) in [6.45, 7) is 1.90. The molecule has 104 valence electrons. The van der Waals surface area contributed by atoms with E-state index in [0.717, 1.165) is 18.6 Å². The molecule has 0 bridgehead atoms. The summed E-state index contributed by atoms with van der Waals surface area (Å²) in [6.07, 6.45) is 2.18. The van der Waals surface area contributed by atoms with Crippen LogP contribution in [0.4, 0.5) is 0 Å². The summed E-state index contributed by atoms with van der Waals surface area (Å²) in [6, 6.07) is 8.59. The van der Waals surface area contributed by atoms with E-state index in [4.69, 9.17) is 4.74 Å². The number of rotatable bonds is 5. The second kappa shape index (κ2) is 6.06. The highest BCUT2D eigenvalue weighted by Crippen LogP contribution is 2.37. The van der Waals surface area contributed by atoms with Crippen molar-refractivity contribution in [2.24, 2.45) is 0 Å². The zero-order valence-corrected chi connectivity index (χ0v) is 11.8. The van der Waals surface area contributed by atoms with Gasteiger partial charge in [-0.05, 0) is 43.4 Å². The molecule has 4 heteroatoms. The molecule has 2 N–H and O–H groups in total. The fourth-order valence-corrected chi connectivity index (χ4v) is 2.55. The summed E-state index contributed by atoms with van der Waals surface area (Å²) in [4.78, 5) is 11.4. The number of carbonyl (C=O) groups is 1. The third kappa shape index (κ3) is 3.26. The Kier molecular flexibility index (Phi) is 4.43. The molecule has 0 aliphatic heterocycles. The summed E-state index contributed by atoms with van der Waals surface area (Å²) >= 11 is 0. The van der Waals surface area contributed by atoms with Crippen LogP contribution in [0, 0.1) is 0 Å². The largest absolute Gasteiger partial charge is 0.497 e. The van der Waals surface area contributed by atoms with E-state index in [1.54, 1.807) is 14.2 Å². The molecule has 0 spiro atoms. The van der Waals surface area contributed by atoms with Crippen molar-refractivity contribution in [2.45, 2.75) is 37.8 Å². The van der Waals surface area contributed by atoms with Crippen molar-refractivity contribution in [1.29, 1.82) is 0 Å². The maximum atomic E-state index is 11.4. The minimum atomic E-state index is -0.119. The van der Waals surface area contributed by atoms with Crippen LogP contribution in [-0.4, -0.2) is 32.1 Å². The van der Waals surface area contributed by atoms with Gasteiger partial charge in [0.05, 0.1) is 13.2 Å². The average Bonchev–Trinajstić information content (AvgIpc) is 2.41. The molecule has 0 saturated heterocycles. The van der Waals surface area contributed by atoms with Crippen molar-refractivity contribution in [3.8, 4) is 5.75 Å². The molecule has 1 aromatic rings. The fraction of sp³-hybridized carbons (Fsp3) is 0.533. The molecule has 1 amide bonds. The lowest BCUT2D eigenvalue weighted by Gasteiger charge is -2.37. The molecular formula is C15H22N2O2. The molecule has 1 saturated carbocycles. The summed E-state index contributed by atoms with van der Waals surface area (Å²) in [5.74, 6) is 1.54. The van der Waals surface area contributed by atoms with Crippen LogP contribution in [0.3, 0.4) is 0 Å². The van der Waals surface area contributed by atoms with Crippen LogP contribution in [0.2, 0.25) is 0 Å². The molecule has 1 aliphatic carbocycles. The first-order chi connectivity index (χ1) is 9.13. The van der Waals surface area contributed by atoms with Crippen molar-refractivity contribution < 1.29 is 9.53 Å². The molecule has 0 radical (unpaired) electrons. The highest BCUT2D eigenvalue weighted by molar-refractivity contribution is 5.80. The van der Waals surface area contributed by atoms with Crippen LogP contribution in [0.25, 0.3) is 0 Å². The van der Waals surface area contributed by atoms with Crippen molar-refractivity contribution in [3.05, 3.63) is 29.8 Å². The van der Waals surface area contributed by atoms with E-state index in [1.165, 1.54) is 5.56 Å². The molecule has 1 unspecified atom stereocenters. The molecule has 1 atom stereocenters. The van der Waals surface area contributed by atoms with Gasteiger partial charge in [-0.1, -0.05) is 12.1 Å². The SMILES string of the molecule is CNC(=O)C(C)NC1CC(c2ccc(OC)cc2)C1. The Labute approximate surface area is 114 Å². The Morgan fingerprint density at radius 3 is 2.47 bits per heavy atom. The van der Waals surface area contributed by atoms with Gasteiger partial charge < -0.3 is 15.4 Å². The summed E-state index contributed by atoms with van der Waals surface area (Å²) in [7, 11) is 3.35. The van der Waals surface area contributed by atoms with Crippen molar-refractivity contribution >= 4 is 5.91 Å². The molecular weight excluding hydrogens is 240 g/mol. The Bertz CT molecular complexity index is 424. The lowest BCUT2D eigenvalue weighted by atomic mass is 9.75. The summed E-state index contributed by atoms with van der Waals surface area (Å²) < 4.78 is 5.16. The third-order valence-corrected chi connectivity index (χ3v) is 3.85. The molecule has 1 aliphatic rings. The topological polar surface area (TPSA) is 50.4 Å². The molecule has 0 aromatic heterocycles. The number of carbonyl (C=O) groups excluding carboxylic acids is 1. The summed E-state index contributed by atoms with van der Waals surface area (Å²) in [5.41, 5.74) is 1.35. The quantitative estimate of drug-likeness (QED) is 0.848. The lowest BCUT2D eigenvalue weighted by Crippen LogP contribution is -2.50. The van der Waals surface area contributed by atoms with E-state index in [-0.39, 0.29) is 11.9 Å². The van der Waals surface area contributed by atoms with Crippen molar-refractivity contribution in [2.75, 3.05) is 14.2 Å². The predicted molar refractivity (Wildman–Crippen MR) is 75.4 cm³/mol. The number of benzene rings is 1. The normalized spacial score (nSPS) is 23.3. The van der Waals surface area contributed by atoms with Gasteiger partial charge >= 0.3 is 0 Å². The first-order valence-corrected chi connectivity index (χ1v) is 6.75. The second-order valence-corrected chi connectivity index (χ2v) is 5.14. The monoisotopic (exact) mass is 262 g/mol.